The number of ether oxygens (including phenoxy) is 1. The molecule has 0 aliphatic carbocycles. The summed E-state index contributed by atoms with van der Waals surface area (Å²) < 4.78 is 6.16. The smallest absolute Gasteiger partial charge is 0.262 e. The van der Waals surface area contributed by atoms with E-state index in [-0.39, 0.29) is 12.5 Å². The number of amides is 1. The molecule has 2 aromatic carbocycles. The quantitative estimate of drug-likeness (QED) is 0.787. The molecule has 1 N–H and O–H groups in total. The molecule has 0 aromatic heterocycles. The average Bonchev–Trinajstić information content (AvgIpc) is 2.48. The normalized spacial score (nSPS) is 10.1. The molecule has 0 fully saturated rings. The van der Waals surface area contributed by atoms with Crippen molar-refractivity contribution in [1.29, 1.82) is 0 Å². The zero-order valence-electron chi connectivity index (χ0n) is 11.7. The average molecular weight is 383 g/mol. The second-order valence-electron chi connectivity index (χ2n) is 4.62. The van der Waals surface area contributed by atoms with Crippen LogP contribution in [0.5, 0.6) is 5.75 Å². The van der Waals surface area contributed by atoms with Gasteiger partial charge in [-0.05, 0) is 58.7 Å². The maximum Gasteiger partial charge on any atom is 0.262 e. The van der Waals surface area contributed by atoms with Crippen molar-refractivity contribution in [2.24, 2.45) is 0 Å². The number of nitrogens with one attached hydrogen (secondary N) is 1. The Balaban J connectivity index is 2.00. The van der Waals surface area contributed by atoms with Gasteiger partial charge in [-0.1, -0.05) is 17.7 Å². The van der Waals surface area contributed by atoms with Gasteiger partial charge in [-0.25, -0.2) is 0 Å². The number of carbonyl (C=O) groups is 2. The molecule has 2 rings (SSSR count). The molecule has 0 spiro atoms. The number of aldehydes is 1. The second-order valence-corrected chi connectivity index (χ2v) is 5.91. The molecule has 22 heavy (non-hydrogen) atoms. The number of halogens is 2. The molecule has 114 valence electrons. The van der Waals surface area contributed by atoms with Gasteiger partial charge >= 0.3 is 0 Å². The maximum absolute atomic E-state index is 11.9. The van der Waals surface area contributed by atoms with Gasteiger partial charge in [0.2, 0.25) is 0 Å². The van der Waals surface area contributed by atoms with Gasteiger partial charge in [-0.2, -0.15) is 0 Å². The molecule has 0 heterocycles. The molecule has 0 aliphatic heterocycles. The molecular formula is C16H13BrClNO3. The third-order valence-corrected chi connectivity index (χ3v) is 3.75. The molecule has 6 heteroatoms. The lowest BCUT2D eigenvalue weighted by Gasteiger charge is -2.10. The van der Waals surface area contributed by atoms with Crippen molar-refractivity contribution in [3.8, 4) is 5.75 Å². The second kappa shape index (κ2) is 7.42. The molecular weight excluding hydrogens is 370 g/mol. The highest BCUT2D eigenvalue weighted by molar-refractivity contribution is 9.10. The highest BCUT2D eigenvalue weighted by Gasteiger charge is 2.09. The van der Waals surface area contributed by atoms with E-state index in [9.17, 15) is 9.59 Å². The topological polar surface area (TPSA) is 55.4 Å². The minimum absolute atomic E-state index is 0.206. The fourth-order valence-corrected chi connectivity index (χ4v) is 2.57. The summed E-state index contributed by atoms with van der Waals surface area (Å²) in [7, 11) is 0. The lowest BCUT2D eigenvalue weighted by Crippen LogP contribution is -2.20. The van der Waals surface area contributed by atoms with Crippen LogP contribution < -0.4 is 10.1 Å². The third kappa shape index (κ3) is 4.32. The molecule has 0 aliphatic rings. The van der Waals surface area contributed by atoms with Crippen LogP contribution in [0.1, 0.15) is 15.9 Å². The fraction of sp³-hybridized carbons (Fsp3) is 0.125. The molecule has 0 atom stereocenters. The van der Waals surface area contributed by atoms with Gasteiger partial charge < -0.3 is 10.1 Å². The van der Waals surface area contributed by atoms with E-state index in [1.807, 2.05) is 19.1 Å². The first kappa shape index (κ1) is 16.5. The summed E-state index contributed by atoms with van der Waals surface area (Å²) in [5.74, 6) is -0.00567. The van der Waals surface area contributed by atoms with Crippen molar-refractivity contribution in [3.63, 3.8) is 0 Å². The first-order chi connectivity index (χ1) is 10.5. The monoisotopic (exact) mass is 381 g/mol. The first-order valence-corrected chi connectivity index (χ1v) is 7.60. The van der Waals surface area contributed by atoms with Gasteiger partial charge in [0, 0.05) is 9.50 Å². The summed E-state index contributed by atoms with van der Waals surface area (Å²) in [6.07, 6.45) is 0.635. The number of hydrogen-bond acceptors (Lipinski definition) is 3. The van der Waals surface area contributed by atoms with Crippen LogP contribution in [-0.4, -0.2) is 18.8 Å². The van der Waals surface area contributed by atoms with Crippen LogP contribution >= 0.6 is 27.5 Å². The fourth-order valence-electron chi connectivity index (χ4n) is 1.79. The van der Waals surface area contributed by atoms with E-state index in [2.05, 4.69) is 21.2 Å². The zero-order chi connectivity index (χ0) is 16.1. The van der Waals surface area contributed by atoms with Crippen molar-refractivity contribution >= 4 is 45.4 Å². The molecule has 0 saturated carbocycles. The highest BCUT2D eigenvalue weighted by Crippen LogP contribution is 2.24. The van der Waals surface area contributed by atoms with Crippen molar-refractivity contribution in [2.75, 3.05) is 11.9 Å². The Kier molecular flexibility index (Phi) is 5.57. The summed E-state index contributed by atoms with van der Waals surface area (Å²) in [5, 5.41) is 3.16. The summed E-state index contributed by atoms with van der Waals surface area (Å²) in [6, 6.07) is 10.2. The van der Waals surface area contributed by atoms with Crippen LogP contribution in [0.15, 0.2) is 40.9 Å². The van der Waals surface area contributed by atoms with E-state index in [1.54, 1.807) is 18.2 Å². The van der Waals surface area contributed by atoms with Crippen LogP contribution in [0.4, 0.5) is 5.69 Å². The van der Waals surface area contributed by atoms with Crippen molar-refractivity contribution in [2.45, 2.75) is 6.92 Å². The van der Waals surface area contributed by atoms with E-state index >= 15 is 0 Å². The van der Waals surface area contributed by atoms with E-state index in [1.165, 1.54) is 6.07 Å². The molecule has 4 nitrogen and oxygen atoms in total. The third-order valence-electron chi connectivity index (χ3n) is 2.86. The Morgan fingerprint density at radius 1 is 1.32 bits per heavy atom. The van der Waals surface area contributed by atoms with E-state index in [0.717, 1.165) is 10.0 Å². The number of anilines is 1. The molecule has 0 unspecified atom stereocenters. The van der Waals surface area contributed by atoms with Gasteiger partial charge in [0.05, 0.1) is 11.3 Å². The molecule has 1 amide bonds. The van der Waals surface area contributed by atoms with Crippen LogP contribution in [0.25, 0.3) is 0 Å². The Hall–Kier alpha value is -1.85. The Labute approximate surface area is 141 Å². The van der Waals surface area contributed by atoms with Gasteiger partial charge in [-0.3, -0.25) is 9.59 Å². The molecule has 2 aromatic rings. The van der Waals surface area contributed by atoms with E-state index < -0.39 is 0 Å². The predicted octanol–water partition coefficient (Wildman–Crippen LogP) is 4.24. The molecule has 0 radical (unpaired) electrons. The lowest BCUT2D eigenvalue weighted by molar-refractivity contribution is -0.118. The van der Waals surface area contributed by atoms with Crippen molar-refractivity contribution in [3.05, 3.63) is 57.0 Å². The number of aryl methyl sites for hydroxylation is 1. The number of carbonyl (C=O) groups excluding carboxylic acids is 2. The largest absolute Gasteiger partial charge is 0.483 e. The summed E-state index contributed by atoms with van der Waals surface area (Å²) in [5.41, 5.74) is 2.04. The van der Waals surface area contributed by atoms with Crippen LogP contribution in [0.2, 0.25) is 5.02 Å². The first-order valence-electron chi connectivity index (χ1n) is 6.43. The van der Waals surface area contributed by atoms with E-state index in [4.69, 9.17) is 16.3 Å². The number of benzene rings is 2. The van der Waals surface area contributed by atoms with Gasteiger partial charge in [0.25, 0.3) is 5.91 Å². The van der Waals surface area contributed by atoms with Gasteiger partial charge in [-0.15, -0.1) is 0 Å². The minimum atomic E-state index is -0.323. The number of hydrogen-bond donors (Lipinski definition) is 1. The Bertz CT molecular complexity index is 719. The van der Waals surface area contributed by atoms with Gasteiger partial charge in [0.15, 0.2) is 12.9 Å². The van der Waals surface area contributed by atoms with Gasteiger partial charge in [0.1, 0.15) is 5.75 Å². The van der Waals surface area contributed by atoms with Crippen LogP contribution in [-0.2, 0) is 4.79 Å². The minimum Gasteiger partial charge on any atom is -0.483 e. The Morgan fingerprint density at radius 3 is 2.77 bits per heavy atom. The predicted molar refractivity (Wildman–Crippen MR) is 89.8 cm³/mol. The standard InChI is InChI=1S/C16H13BrClNO3/c1-10-2-4-14(13(17)6-10)19-16(21)9-22-15-5-3-12(18)7-11(15)8-20/h2-8H,9H2,1H3,(H,19,21). The Morgan fingerprint density at radius 2 is 2.09 bits per heavy atom. The summed E-state index contributed by atoms with van der Waals surface area (Å²) >= 11 is 9.18. The zero-order valence-corrected chi connectivity index (χ0v) is 14.1. The van der Waals surface area contributed by atoms with Crippen LogP contribution in [0, 0.1) is 6.92 Å². The summed E-state index contributed by atoms with van der Waals surface area (Å²) in [6.45, 7) is 1.75. The number of rotatable bonds is 5. The lowest BCUT2D eigenvalue weighted by atomic mass is 10.2. The molecule has 0 bridgehead atoms. The van der Waals surface area contributed by atoms with Crippen LogP contribution in [0.3, 0.4) is 0 Å². The summed E-state index contributed by atoms with van der Waals surface area (Å²) in [4.78, 5) is 22.9. The maximum atomic E-state index is 11.9. The van der Waals surface area contributed by atoms with Crippen molar-refractivity contribution in [1.82, 2.24) is 0 Å². The van der Waals surface area contributed by atoms with Crippen molar-refractivity contribution < 1.29 is 14.3 Å². The highest BCUT2D eigenvalue weighted by atomic mass is 79.9. The molecule has 0 saturated heterocycles. The SMILES string of the molecule is Cc1ccc(NC(=O)COc2ccc(Cl)cc2C=O)c(Br)c1. The van der Waals surface area contributed by atoms with E-state index in [0.29, 0.717) is 28.3 Å².